The number of aromatic nitrogens is 2. The number of allylic oxidation sites excluding steroid dienone is 10. The lowest BCUT2D eigenvalue weighted by Crippen LogP contribution is -2.30. The highest BCUT2D eigenvalue weighted by atomic mass is 15.2. The van der Waals surface area contributed by atoms with Crippen molar-refractivity contribution >= 4 is 33.1 Å². The summed E-state index contributed by atoms with van der Waals surface area (Å²) in [6.45, 7) is 2.06. The van der Waals surface area contributed by atoms with E-state index >= 15 is 0 Å². The van der Waals surface area contributed by atoms with Gasteiger partial charge in [-0.1, -0.05) is 158 Å². The summed E-state index contributed by atoms with van der Waals surface area (Å²) in [7, 11) is 0. The first-order chi connectivity index (χ1) is 28.2. The van der Waals surface area contributed by atoms with Gasteiger partial charge in [0.25, 0.3) is 0 Å². The third-order valence-corrected chi connectivity index (χ3v) is 11.5. The Bertz CT molecular complexity index is 2800. The zero-order valence-corrected chi connectivity index (χ0v) is 32.0. The Morgan fingerprint density at radius 1 is 0.632 bits per heavy atom. The number of fused-ring (bicyclic) bond motifs is 4. The molecule has 5 aromatic carbocycles. The molecule has 0 fully saturated rings. The van der Waals surface area contributed by atoms with Crippen LogP contribution in [-0.4, -0.2) is 15.6 Å². The minimum atomic E-state index is 0.211. The molecular formula is C54H43N3. The second kappa shape index (κ2) is 14.9. The molecule has 10 rings (SSSR count). The summed E-state index contributed by atoms with van der Waals surface area (Å²) in [6, 6.07) is 48.9. The van der Waals surface area contributed by atoms with E-state index < -0.39 is 0 Å². The fraction of sp³-hybridized carbons (Fsp3) is 0.0926. The van der Waals surface area contributed by atoms with Crippen molar-refractivity contribution < 1.29 is 0 Å². The number of anilines is 1. The molecule has 3 heterocycles. The smallest absolute Gasteiger partial charge is 0.0715 e. The summed E-state index contributed by atoms with van der Waals surface area (Å²) in [5, 5.41) is 2.51. The number of nitrogens with zero attached hydrogens (tertiary/aromatic N) is 3. The van der Waals surface area contributed by atoms with Gasteiger partial charge in [-0.05, 0) is 90.1 Å². The fourth-order valence-corrected chi connectivity index (χ4v) is 8.72. The van der Waals surface area contributed by atoms with Crippen molar-refractivity contribution in [3.05, 3.63) is 218 Å². The van der Waals surface area contributed by atoms with Crippen LogP contribution in [-0.2, 0) is 0 Å². The molecule has 0 amide bonds. The second-order valence-corrected chi connectivity index (χ2v) is 15.0. The Morgan fingerprint density at radius 2 is 1.35 bits per heavy atom. The minimum Gasteiger partial charge on any atom is -0.340 e. The van der Waals surface area contributed by atoms with Crippen LogP contribution in [0.4, 0.5) is 5.69 Å². The molecule has 3 aliphatic rings. The van der Waals surface area contributed by atoms with E-state index in [1.165, 1.54) is 49.8 Å². The maximum atomic E-state index is 5.16. The lowest BCUT2D eigenvalue weighted by molar-refractivity contribution is 0.687. The van der Waals surface area contributed by atoms with Gasteiger partial charge in [0.15, 0.2) is 0 Å². The van der Waals surface area contributed by atoms with E-state index in [2.05, 4.69) is 223 Å². The summed E-state index contributed by atoms with van der Waals surface area (Å²) in [5.74, 6) is 0.294. The topological polar surface area (TPSA) is 21.1 Å². The highest BCUT2D eigenvalue weighted by Crippen LogP contribution is 2.42. The molecule has 0 saturated carbocycles. The largest absolute Gasteiger partial charge is 0.340 e. The van der Waals surface area contributed by atoms with Gasteiger partial charge in [0, 0.05) is 39.7 Å². The maximum absolute atomic E-state index is 5.16. The summed E-state index contributed by atoms with van der Waals surface area (Å²) in [5.41, 5.74) is 15.0. The third-order valence-electron chi connectivity index (χ3n) is 11.5. The molecule has 0 bridgehead atoms. The van der Waals surface area contributed by atoms with E-state index in [9.17, 15) is 0 Å². The molecule has 2 unspecified atom stereocenters. The van der Waals surface area contributed by atoms with Gasteiger partial charge in [-0.15, -0.1) is 0 Å². The SMILES string of the molecule is C/C=C\C=C/C1=CN(c2ccc(-n3c4ccccc4c4ccccc43)c(-c3ccc(-c4cc(C5=CCCC=C5)nc(-c5ccccc5)c4)cc3)c2)C2C=CC=CC12. The van der Waals surface area contributed by atoms with Crippen LogP contribution in [0.3, 0.4) is 0 Å². The van der Waals surface area contributed by atoms with E-state index in [4.69, 9.17) is 4.98 Å². The summed E-state index contributed by atoms with van der Waals surface area (Å²) < 4.78 is 2.45. The van der Waals surface area contributed by atoms with E-state index in [1.54, 1.807) is 0 Å². The highest BCUT2D eigenvalue weighted by Gasteiger charge is 2.33. The van der Waals surface area contributed by atoms with Gasteiger partial charge < -0.3 is 9.47 Å². The molecule has 2 aromatic heterocycles. The Morgan fingerprint density at radius 3 is 2.11 bits per heavy atom. The summed E-state index contributed by atoms with van der Waals surface area (Å²) in [4.78, 5) is 7.61. The second-order valence-electron chi connectivity index (χ2n) is 15.0. The first kappa shape index (κ1) is 34.5. The molecule has 1 aliphatic heterocycles. The average Bonchev–Trinajstić information content (AvgIpc) is 3.83. The van der Waals surface area contributed by atoms with Gasteiger partial charge in [-0.3, -0.25) is 0 Å². The molecule has 3 nitrogen and oxygen atoms in total. The van der Waals surface area contributed by atoms with Crippen molar-refractivity contribution in [2.24, 2.45) is 5.92 Å². The van der Waals surface area contributed by atoms with Crippen LogP contribution in [0.25, 0.3) is 66.6 Å². The number of benzene rings is 5. The zero-order valence-electron chi connectivity index (χ0n) is 32.0. The number of hydrogen-bond donors (Lipinski definition) is 0. The molecule has 3 heteroatoms. The Hall–Kier alpha value is -6.97. The predicted octanol–water partition coefficient (Wildman–Crippen LogP) is 13.9. The standard InChI is InChI=1S/C54H43N3/c1-2-3-6-21-42-37-56(51-25-14-11-22-45(42)51)44-32-33-54(57-52-26-15-12-23-46(52)47-24-13-16-27-53(47)57)48(36-44)39-30-28-38(29-31-39)43-34-49(40-17-7-4-8-18-40)55-50(35-43)41-19-9-5-10-20-41/h2-4,6-9,11-37,45,51H,5,10H2,1H3/b3-2-,21-6-. The molecule has 274 valence electrons. The van der Waals surface area contributed by atoms with Crippen LogP contribution in [0.2, 0.25) is 0 Å². The molecule has 0 saturated heterocycles. The van der Waals surface area contributed by atoms with Crippen LogP contribution in [0.15, 0.2) is 212 Å². The van der Waals surface area contributed by atoms with Crippen molar-refractivity contribution in [2.75, 3.05) is 4.90 Å². The van der Waals surface area contributed by atoms with E-state index in [0.717, 1.165) is 46.6 Å². The van der Waals surface area contributed by atoms with Crippen molar-refractivity contribution in [1.82, 2.24) is 9.55 Å². The van der Waals surface area contributed by atoms with E-state index in [-0.39, 0.29) is 6.04 Å². The number of hydrogen-bond acceptors (Lipinski definition) is 2. The van der Waals surface area contributed by atoms with Crippen LogP contribution < -0.4 is 4.90 Å². The first-order valence-corrected chi connectivity index (χ1v) is 20.1. The first-order valence-electron chi connectivity index (χ1n) is 20.1. The average molecular weight is 734 g/mol. The van der Waals surface area contributed by atoms with E-state index in [1.807, 2.05) is 0 Å². The monoisotopic (exact) mass is 733 g/mol. The molecule has 0 spiro atoms. The Kier molecular flexibility index (Phi) is 9.04. The van der Waals surface area contributed by atoms with Gasteiger partial charge in [0.2, 0.25) is 0 Å². The molecule has 57 heavy (non-hydrogen) atoms. The molecular weight excluding hydrogens is 691 g/mol. The van der Waals surface area contributed by atoms with Crippen LogP contribution in [0.1, 0.15) is 25.5 Å². The van der Waals surface area contributed by atoms with Crippen molar-refractivity contribution in [3.8, 4) is 39.2 Å². The summed E-state index contributed by atoms with van der Waals surface area (Å²) >= 11 is 0. The van der Waals surface area contributed by atoms with E-state index in [0.29, 0.717) is 5.92 Å². The minimum absolute atomic E-state index is 0.211. The predicted molar refractivity (Wildman–Crippen MR) is 241 cm³/mol. The number of pyridine rings is 1. The fourth-order valence-electron chi connectivity index (χ4n) is 8.72. The van der Waals surface area contributed by atoms with Gasteiger partial charge in [-0.25, -0.2) is 4.98 Å². The lowest BCUT2D eigenvalue weighted by Gasteiger charge is -2.29. The molecule has 2 aliphatic carbocycles. The van der Waals surface area contributed by atoms with Crippen LogP contribution >= 0.6 is 0 Å². The van der Waals surface area contributed by atoms with Gasteiger partial charge >= 0.3 is 0 Å². The van der Waals surface area contributed by atoms with Gasteiger partial charge in [0.1, 0.15) is 0 Å². The van der Waals surface area contributed by atoms with Crippen LogP contribution in [0, 0.1) is 5.92 Å². The van der Waals surface area contributed by atoms with Gasteiger partial charge in [0.05, 0.1) is 34.2 Å². The maximum Gasteiger partial charge on any atom is 0.0715 e. The molecule has 7 aromatic rings. The number of rotatable bonds is 8. The quantitative estimate of drug-likeness (QED) is 0.145. The Labute approximate surface area is 335 Å². The molecule has 2 atom stereocenters. The highest BCUT2D eigenvalue weighted by molar-refractivity contribution is 6.09. The lowest BCUT2D eigenvalue weighted by atomic mass is 9.90. The third kappa shape index (κ3) is 6.41. The summed E-state index contributed by atoms with van der Waals surface area (Å²) in [6.07, 6.45) is 28.8. The molecule has 0 radical (unpaired) electrons. The zero-order chi connectivity index (χ0) is 38.1. The normalized spacial score (nSPS) is 17.6. The van der Waals surface area contributed by atoms with Gasteiger partial charge in [-0.2, -0.15) is 0 Å². The van der Waals surface area contributed by atoms with Crippen molar-refractivity contribution in [1.29, 1.82) is 0 Å². The van der Waals surface area contributed by atoms with Crippen molar-refractivity contribution in [3.63, 3.8) is 0 Å². The van der Waals surface area contributed by atoms with Crippen molar-refractivity contribution in [2.45, 2.75) is 25.8 Å². The molecule has 0 N–H and O–H groups in total. The van der Waals surface area contributed by atoms with Crippen LogP contribution in [0.5, 0.6) is 0 Å². The Balaban J connectivity index is 1.13. The number of para-hydroxylation sites is 2.